The molecule has 0 amide bonds. The van der Waals surface area contributed by atoms with E-state index in [2.05, 4.69) is 40.1 Å². The summed E-state index contributed by atoms with van der Waals surface area (Å²) in [6.45, 7) is 1.04. The van der Waals surface area contributed by atoms with Crippen molar-refractivity contribution in [1.82, 2.24) is 14.9 Å². The first-order chi connectivity index (χ1) is 7.84. The van der Waals surface area contributed by atoms with E-state index < -0.39 is 0 Å². The van der Waals surface area contributed by atoms with E-state index in [1.54, 1.807) is 0 Å². The normalized spacial score (nSPS) is 15.8. The highest BCUT2D eigenvalue weighted by Crippen LogP contribution is 2.19. The fourth-order valence-electron chi connectivity index (χ4n) is 2.09. The molecular weight excluding hydrogens is 198 g/mol. The van der Waals surface area contributed by atoms with Gasteiger partial charge < -0.3 is 9.88 Å². The fourth-order valence-corrected chi connectivity index (χ4v) is 2.09. The first-order valence-electron chi connectivity index (χ1n) is 5.98. The number of rotatable bonds is 4. The fraction of sp³-hybridized carbons (Fsp3) is 0.462. The van der Waals surface area contributed by atoms with Gasteiger partial charge in [0.15, 0.2) is 0 Å². The SMILES string of the molecule is Cn1c(CCNC2CC2)nc2ccccc21. The minimum absolute atomic E-state index is 0.787. The molecule has 1 aromatic heterocycles. The van der Waals surface area contributed by atoms with E-state index in [1.807, 2.05) is 6.07 Å². The zero-order valence-electron chi connectivity index (χ0n) is 9.61. The van der Waals surface area contributed by atoms with Gasteiger partial charge in [-0.15, -0.1) is 0 Å². The summed E-state index contributed by atoms with van der Waals surface area (Å²) in [6.07, 6.45) is 3.72. The number of nitrogens with zero attached hydrogens (tertiary/aromatic N) is 2. The molecule has 1 aromatic carbocycles. The maximum absolute atomic E-state index is 4.65. The van der Waals surface area contributed by atoms with Gasteiger partial charge in [0.1, 0.15) is 5.82 Å². The number of hydrogen-bond acceptors (Lipinski definition) is 2. The van der Waals surface area contributed by atoms with Crippen molar-refractivity contribution in [2.45, 2.75) is 25.3 Å². The van der Waals surface area contributed by atoms with E-state index in [0.717, 1.165) is 24.5 Å². The predicted molar refractivity (Wildman–Crippen MR) is 65.4 cm³/mol. The lowest BCUT2D eigenvalue weighted by molar-refractivity contribution is 0.654. The third-order valence-corrected chi connectivity index (χ3v) is 3.24. The third-order valence-electron chi connectivity index (χ3n) is 3.24. The van der Waals surface area contributed by atoms with Gasteiger partial charge >= 0.3 is 0 Å². The minimum Gasteiger partial charge on any atom is -0.331 e. The van der Waals surface area contributed by atoms with E-state index in [0.29, 0.717) is 0 Å². The van der Waals surface area contributed by atoms with Gasteiger partial charge in [0, 0.05) is 26.1 Å². The molecule has 0 saturated heterocycles. The van der Waals surface area contributed by atoms with E-state index in [4.69, 9.17) is 0 Å². The van der Waals surface area contributed by atoms with Crippen LogP contribution in [0.25, 0.3) is 11.0 Å². The number of aromatic nitrogens is 2. The molecule has 0 radical (unpaired) electrons. The molecule has 2 aromatic rings. The zero-order valence-corrected chi connectivity index (χ0v) is 9.61. The molecule has 0 atom stereocenters. The highest BCUT2D eigenvalue weighted by molar-refractivity contribution is 5.75. The van der Waals surface area contributed by atoms with E-state index in [-0.39, 0.29) is 0 Å². The van der Waals surface area contributed by atoms with Crippen molar-refractivity contribution in [1.29, 1.82) is 0 Å². The van der Waals surface area contributed by atoms with Crippen LogP contribution in [0.4, 0.5) is 0 Å². The predicted octanol–water partition coefficient (Wildman–Crippen LogP) is 1.87. The van der Waals surface area contributed by atoms with E-state index in [9.17, 15) is 0 Å². The minimum atomic E-state index is 0.787. The van der Waals surface area contributed by atoms with Crippen LogP contribution in [0, 0.1) is 0 Å². The average Bonchev–Trinajstić information content (AvgIpc) is 3.06. The topological polar surface area (TPSA) is 29.9 Å². The van der Waals surface area contributed by atoms with Crippen molar-refractivity contribution in [2.75, 3.05) is 6.54 Å². The van der Waals surface area contributed by atoms with Gasteiger partial charge in [-0.1, -0.05) is 12.1 Å². The molecule has 1 saturated carbocycles. The Morgan fingerprint density at radius 2 is 2.19 bits per heavy atom. The molecule has 1 aliphatic rings. The van der Waals surface area contributed by atoms with Crippen LogP contribution in [0.2, 0.25) is 0 Å². The summed E-state index contributed by atoms with van der Waals surface area (Å²) in [5.41, 5.74) is 2.33. The molecule has 16 heavy (non-hydrogen) atoms. The van der Waals surface area contributed by atoms with Crippen molar-refractivity contribution in [3.63, 3.8) is 0 Å². The van der Waals surface area contributed by atoms with Crippen molar-refractivity contribution in [3.05, 3.63) is 30.1 Å². The Labute approximate surface area is 95.5 Å². The highest BCUT2D eigenvalue weighted by atomic mass is 15.1. The van der Waals surface area contributed by atoms with Crippen LogP contribution in [-0.4, -0.2) is 22.1 Å². The Balaban J connectivity index is 1.77. The summed E-state index contributed by atoms with van der Waals surface area (Å²) < 4.78 is 2.20. The van der Waals surface area contributed by atoms with Crippen LogP contribution in [-0.2, 0) is 13.5 Å². The molecule has 3 nitrogen and oxygen atoms in total. The second-order valence-corrected chi connectivity index (χ2v) is 4.55. The van der Waals surface area contributed by atoms with Gasteiger partial charge in [-0.3, -0.25) is 0 Å². The summed E-state index contributed by atoms with van der Waals surface area (Å²) in [5, 5.41) is 3.52. The third kappa shape index (κ3) is 1.83. The number of benzene rings is 1. The van der Waals surface area contributed by atoms with Crippen molar-refractivity contribution < 1.29 is 0 Å². The summed E-state index contributed by atoms with van der Waals surface area (Å²) in [7, 11) is 2.10. The molecular formula is C13H17N3. The van der Waals surface area contributed by atoms with Crippen molar-refractivity contribution in [2.24, 2.45) is 7.05 Å². The second-order valence-electron chi connectivity index (χ2n) is 4.55. The van der Waals surface area contributed by atoms with Crippen LogP contribution in [0.1, 0.15) is 18.7 Å². The molecule has 0 unspecified atom stereocenters. The first-order valence-corrected chi connectivity index (χ1v) is 5.98. The molecule has 3 rings (SSSR count). The van der Waals surface area contributed by atoms with Crippen LogP contribution in [0.5, 0.6) is 0 Å². The zero-order chi connectivity index (χ0) is 11.0. The van der Waals surface area contributed by atoms with Crippen molar-refractivity contribution >= 4 is 11.0 Å². The first kappa shape index (κ1) is 9.85. The number of nitrogens with one attached hydrogen (secondary N) is 1. The number of hydrogen-bond donors (Lipinski definition) is 1. The van der Waals surface area contributed by atoms with Gasteiger partial charge in [-0.2, -0.15) is 0 Å². The van der Waals surface area contributed by atoms with Gasteiger partial charge in [-0.05, 0) is 25.0 Å². The lowest BCUT2D eigenvalue weighted by Gasteiger charge is -2.03. The van der Waals surface area contributed by atoms with Gasteiger partial charge in [-0.25, -0.2) is 4.98 Å². The maximum atomic E-state index is 4.65. The Morgan fingerprint density at radius 1 is 1.38 bits per heavy atom. The highest BCUT2D eigenvalue weighted by Gasteiger charge is 2.20. The average molecular weight is 215 g/mol. The smallest absolute Gasteiger partial charge is 0.110 e. The Hall–Kier alpha value is -1.35. The Morgan fingerprint density at radius 3 is 2.94 bits per heavy atom. The summed E-state index contributed by atoms with van der Waals surface area (Å²) in [5.74, 6) is 1.18. The van der Waals surface area contributed by atoms with Crippen LogP contribution >= 0.6 is 0 Å². The second kappa shape index (κ2) is 3.91. The van der Waals surface area contributed by atoms with Gasteiger partial charge in [0.25, 0.3) is 0 Å². The standard InChI is InChI=1S/C13H17N3/c1-16-12-5-3-2-4-11(12)15-13(16)8-9-14-10-6-7-10/h2-5,10,14H,6-9H2,1H3. The lowest BCUT2D eigenvalue weighted by Crippen LogP contribution is -2.20. The molecule has 0 aliphatic heterocycles. The molecule has 84 valence electrons. The Bertz CT molecular complexity index is 497. The van der Waals surface area contributed by atoms with Crippen LogP contribution in [0.3, 0.4) is 0 Å². The van der Waals surface area contributed by atoms with Crippen LogP contribution in [0.15, 0.2) is 24.3 Å². The number of imidazole rings is 1. The number of aryl methyl sites for hydroxylation is 1. The monoisotopic (exact) mass is 215 g/mol. The van der Waals surface area contributed by atoms with Crippen LogP contribution < -0.4 is 5.32 Å². The molecule has 1 aliphatic carbocycles. The largest absolute Gasteiger partial charge is 0.331 e. The number of fused-ring (bicyclic) bond motifs is 1. The summed E-state index contributed by atoms with van der Waals surface area (Å²) in [4.78, 5) is 4.65. The maximum Gasteiger partial charge on any atom is 0.110 e. The molecule has 3 heteroatoms. The Kier molecular flexibility index (Phi) is 2.40. The molecule has 0 spiro atoms. The molecule has 1 N–H and O–H groups in total. The van der Waals surface area contributed by atoms with Crippen molar-refractivity contribution in [3.8, 4) is 0 Å². The summed E-state index contributed by atoms with van der Waals surface area (Å²) >= 11 is 0. The molecule has 0 bridgehead atoms. The van der Waals surface area contributed by atoms with Gasteiger partial charge in [0.05, 0.1) is 11.0 Å². The summed E-state index contributed by atoms with van der Waals surface area (Å²) in [6, 6.07) is 9.10. The molecule has 1 heterocycles. The van der Waals surface area contributed by atoms with E-state index >= 15 is 0 Å². The van der Waals surface area contributed by atoms with Gasteiger partial charge in [0.2, 0.25) is 0 Å². The molecule has 1 fully saturated rings. The quantitative estimate of drug-likeness (QED) is 0.843. The lowest BCUT2D eigenvalue weighted by atomic mass is 10.3. The van der Waals surface area contributed by atoms with E-state index in [1.165, 1.54) is 24.2 Å². The number of para-hydroxylation sites is 2.